The van der Waals surface area contributed by atoms with Gasteiger partial charge in [0.2, 0.25) is 0 Å². The van der Waals surface area contributed by atoms with Gasteiger partial charge in [-0.3, -0.25) is 4.72 Å². The Balaban J connectivity index is 1.86. The standard InChI is InChI=1S/C20H21N3O4S2/c1-13-11-14(2)20(15(3)12-13)29(26,27)23-17-7-5-16(6-8-17)18-9-10-19(22-21-18)28(4,24)25/h5-12,23H,1-4H3. The summed E-state index contributed by atoms with van der Waals surface area (Å²) in [6.45, 7) is 5.47. The molecule has 0 spiro atoms. The monoisotopic (exact) mass is 431 g/mol. The first-order valence-electron chi connectivity index (χ1n) is 8.72. The van der Waals surface area contributed by atoms with Crippen molar-refractivity contribution < 1.29 is 16.8 Å². The summed E-state index contributed by atoms with van der Waals surface area (Å²) in [6, 6.07) is 13.2. The van der Waals surface area contributed by atoms with Gasteiger partial charge in [-0.25, -0.2) is 16.8 Å². The van der Waals surface area contributed by atoms with Gasteiger partial charge < -0.3 is 0 Å². The van der Waals surface area contributed by atoms with Crippen LogP contribution in [0.2, 0.25) is 0 Å². The number of benzene rings is 2. The van der Waals surface area contributed by atoms with Crippen molar-refractivity contribution in [3.05, 3.63) is 65.2 Å². The van der Waals surface area contributed by atoms with Gasteiger partial charge in [-0.1, -0.05) is 29.8 Å². The molecule has 0 radical (unpaired) electrons. The highest BCUT2D eigenvalue weighted by atomic mass is 32.2. The molecule has 152 valence electrons. The summed E-state index contributed by atoms with van der Waals surface area (Å²) in [4.78, 5) is 0.273. The van der Waals surface area contributed by atoms with E-state index in [1.54, 1.807) is 44.2 Å². The van der Waals surface area contributed by atoms with Gasteiger partial charge in [0.25, 0.3) is 10.0 Å². The number of hydrogen-bond acceptors (Lipinski definition) is 6. The zero-order valence-corrected chi connectivity index (χ0v) is 18.1. The van der Waals surface area contributed by atoms with Gasteiger partial charge in [-0.2, -0.15) is 0 Å². The van der Waals surface area contributed by atoms with Crippen molar-refractivity contribution in [3.8, 4) is 11.3 Å². The van der Waals surface area contributed by atoms with Gasteiger partial charge in [0.1, 0.15) is 0 Å². The fraction of sp³-hybridized carbons (Fsp3) is 0.200. The van der Waals surface area contributed by atoms with E-state index in [1.807, 2.05) is 19.1 Å². The molecule has 0 bridgehead atoms. The lowest BCUT2D eigenvalue weighted by molar-refractivity contribution is 0.595. The number of nitrogens with one attached hydrogen (secondary N) is 1. The van der Waals surface area contributed by atoms with Crippen molar-refractivity contribution in [2.45, 2.75) is 30.7 Å². The minimum Gasteiger partial charge on any atom is -0.280 e. The molecule has 0 aliphatic heterocycles. The lowest BCUT2D eigenvalue weighted by Gasteiger charge is -2.14. The van der Waals surface area contributed by atoms with E-state index in [0.717, 1.165) is 11.8 Å². The Labute approximate surface area is 170 Å². The predicted molar refractivity (Wildman–Crippen MR) is 112 cm³/mol. The summed E-state index contributed by atoms with van der Waals surface area (Å²) in [5, 5.41) is 7.55. The number of sulfonamides is 1. The molecule has 1 heterocycles. The number of aryl methyl sites for hydroxylation is 3. The second kappa shape index (κ2) is 7.57. The van der Waals surface area contributed by atoms with Crippen LogP contribution in [0.3, 0.4) is 0 Å². The Morgan fingerprint density at radius 1 is 0.793 bits per heavy atom. The van der Waals surface area contributed by atoms with Gasteiger partial charge in [0, 0.05) is 17.5 Å². The first-order chi connectivity index (χ1) is 13.5. The third-order valence-corrected chi connectivity index (χ3v) is 6.99. The average Bonchev–Trinajstić information content (AvgIpc) is 2.60. The SMILES string of the molecule is Cc1cc(C)c(S(=O)(=O)Nc2ccc(-c3ccc(S(C)(=O)=O)nn3)cc2)c(C)c1. The molecule has 0 fully saturated rings. The molecule has 0 amide bonds. The highest BCUT2D eigenvalue weighted by molar-refractivity contribution is 7.92. The van der Waals surface area contributed by atoms with Crippen LogP contribution in [0.4, 0.5) is 5.69 Å². The number of hydrogen-bond donors (Lipinski definition) is 1. The molecule has 0 saturated heterocycles. The van der Waals surface area contributed by atoms with E-state index in [2.05, 4.69) is 14.9 Å². The fourth-order valence-corrected chi connectivity index (χ4v) is 5.20. The molecule has 0 aliphatic carbocycles. The van der Waals surface area contributed by atoms with E-state index in [1.165, 1.54) is 6.07 Å². The highest BCUT2D eigenvalue weighted by Crippen LogP contribution is 2.26. The molecule has 3 aromatic rings. The molecule has 0 atom stereocenters. The zero-order chi connectivity index (χ0) is 21.4. The van der Waals surface area contributed by atoms with Crippen LogP contribution in [0.1, 0.15) is 16.7 Å². The second-order valence-corrected chi connectivity index (χ2v) is 10.5. The number of aromatic nitrogens is 2. The lowest BCUT2D eigenvalue weighted by Crippen LogP contribution is -2.15. The van der Waals surface area contributed by atoms with E-state index in [-0.39, 0.29) is 9.92 Å². The van der Waals surface area contributed by atoms with Crippen LogP contribution in [0.15, 0.2) is 58.5 Å². The Morgan fingerprint density at radius 3 is 1.86 bits per heavy atom. The lowest BCUT2D eigenvalue weighted by atomic mass is 10.1. The van der Waals surface area contributed by atoms with Crippen LogP contribution in [-0.4, -0.2) is 33.3 Å². The van der Waals surface area contributed by atoms with Crippen LogP contribution in [0, 0.1) is 20.8 Å². The molecule has 1 aromatic heterocycles. The molecule has 9 heteroatoms. The van der Waals surface area contributed by atoms with E-state index in [4.69, 9.17) is 0 Å². The molecule has 3 rings (SSSR count). The fourth-order valence-electron chi connectivity index (χ4n) is 3.18. The minimum absolute atomic E-state index is 0.102. The highest BCUT2D eigenvalue weighted by Gasteiger charge is 2.20. The largest absolute Gasteiger partial charge is 0.280 e. The summed E-state index contributed by atoms with van der Waals surface area (Å²) in [7, 11) is -7.15. The molecule has 0 aliphatic rings. The van der Waals surface area contributed by atoms with Gasteiger partial charge in [-0.15, -0.1) is 10.2 Å². The maximum atomic E-state index is 12.9. The summed E-state index contributed by atoms with van der Waals surface area (Å²) >= 11 is 0. The summed E-state index contributed by atoms with van der Waals surface area (Å²) in [5.74, 6) is 0. The average molecular weight is 432 g/mol. The zero-order valence-electron chi connectivity index (χ0n) is 16.5. The van der Waals surface area contributed by atoms with Crippen LogP contribution >= 0.6 is 0 Å². The molecular formula is C20H21N3O4S2. The Kier molecular flexibility index (Phi) is 5.46. The maximum Gasteiger partial charge on any atom is 0.262 e. The van der Waals surface area contributed by atoms with Crippen molar-refractivity contribution >= 4 is 25.5 Å². The van der Waals surface area contributed by atoms with Crippen molar-refractivity contribution in [1.29, 1.82) is 0 Å². The third kappa shape index (κ3) is 4.63. The molecular weight excluding hydrogens is 410 g/mol. The number of sulfone groups is 1. The summed E-state index contributed by atoms with van der Waals surface area (Å²) in [5.41, 5.74) is 3.96. The first kappa shape index (κ1) is 20.9. The van der Waals surface area contributed by atoms with Crippen LogP contribution in [-0.2, 0) is 19.9 Å². The molecule has 29 heavy (non-hydrogen) atoms. The molecule has 2 aromatic carbocycles. The van der Waals surface area contributed by atoms with Gasteiger partial charge in [0.15, 0.2) is 14.9 Å². The number of anilines is 1. The molecule has 0 saturated carbocycles. The van der Waals surface area contributed by atoms with E-state index in [9.17, 15) is 16.8 Å². The number of rotatable bonds is 5. The van der Waals surface area contributed by atoms with E-state index >= 15 is 0 Å². The van der Waals surface area contributed by atoms with Crippen molar-refractivity contribution in [2.24, 2.45) is 0 Å². The van der Waals surface area contributed by atoms with Crippen LogP contribution in [0.25, 0.3) is 11.3 Å². The van der Waals surface area contributed by atoms with Crippen molar-refractivity contribution in [1.82, 2.24) is 10.2 Å². The predicted octanol–water partition coefficient (Wildman–Crippen LogP) is 3.27. The van der Waals surface area contributed by atoms with Crippen molar-refractivity contribution in [3.63, 3.8) is 0 Å². The summed E-state index contributed by atoms with van der Waals surface area (Å²) < 4.78 is 51.2. The number of nitrogens with zero attached hydrogens (tertiary/aromatic N) is 2. The topological polar surface area (TPSA) is 106 Å². The quantitative estimate of drug-likeness (QED) is 0.664. The first-order valence-corrected chi connectivity index (χ1v) is 12.1. The maximum absolute atomic E-state index is 12.9. The minimum atomic E-state index is -3.74. The van der Waals surface area contributed by atoms with Gasteiger partial charge in [-0.05, 0) is 56.2 Å². The van der Waals surface area contributed by atoms with Crippen LogP contribution in [0.5, 0.6) is 0 Å². The normalized spacial score (nSPS) is 12.0. The Hall–Kier alpha value is -2.78. The second-order valence-electron chi connectivity index (χ2n) is 6.94. The van der Waals surface area contributed by atoms with Gasteiger partial charge >= 0.3 is 0 Å². The van der Waals surface area contributed by atoms with Crippen LogP contribution < -0.4 is 4.72 Å². The van der Waals surface area contributed by atoms with Crippen molar-refractivity contribution in [2.75, 3.05) is 11.0 Å². The smallest absolute Gasteiger partial charge is 0.262 e. The Morgan fingerprint density at radius 2 is 1.38 bits per heavy atom. The molecule has 7 nitrogen and oxygen atoms in total. The Bertz CT molecular complexity index is 1240. The van der Waals surface area contributed by atoms with Gasteiger partial charge in [0.05, 0.1) is 10.6 Å². The van der Waals surface area contributed by atoms with E-state index < -0.39 is 19.9 Å². The third-order valence-electron chi connectivity index (χ3n) is 4.33. The van der Waals surface area contributed by atoms with E-state index in [0.29, 0.717) is 28.1 Å². The molecule has 0 unspecified atom stereocenters. The summed E-state index contributed by atoms with van der Waals surface area (Å²) in [6.07, 6.45) is 1.06. The molecule has 1 N–H and O–H groups in total.